The van der Waals surface area contributed by atoms with Gasteiger partial charge in [-0.25, -0.2) is 15.0 Å². The molecule has 0 amide bonds. The Morgan fingerprint density at radius 3 is 1.81 bits per heavy atom. The summed E-state index contributed by atoms with van der Waals surface area (Å²) in [4.78, 5) is 15.6. The van der Waals surface area contributed by atoms with Crippen molar-refractivity contribution in [1.82, 2.24) is 19.5 Å². The number of fused-ring (bicyclic) bond motifs is 11. The minimum atomic E-state index is -0.152. The maximum absolute atomic E-state index is 7.02. The van der Waals surface area contributed by atoms with Crippen LogP contribution in [0.4, 0.5) is 0 Å². The smallest absolute Gasteiger partial charge is 0.164 e. The highest BCUT2D eigenvalue weighted by Gasteiger charge is 2.35. The van der Waals surface area contributed by atoms with E-state index in [-0.39, 0.29) is 5.41 Å². The maximum Gasteiger partial charge on any atom is 0.164 e. The number of aromatic nitrogens is 4. The van der Waals surface area contributed by atoms with Gasteiger partial charge in [-0.05, 0) is 63.4 Å². The molecule has 1 aliphatic rings. The summed E-state index contributed by atoms with van der Waals surface area (Å²) in [5, 5.41) is 6.70. The minimum Gasteiger partial charge on any atom is -0.454 e. The quantitative estimate of drug-likeness (QED) is 0.181. The third-order valence-electron chi connectivity index (χ3n) is 12.1. The Morgan fingerprint density at radius 1 is 0.439 bits per heavy atom. The number of para-hydroxylation sites is 3. The van der Waals surface area contributed by atoms with Crippen LogP contribution in [0.5, 0.6) is 0 Å². The van der Waals surface area contributed by atoms with Gasteiger partial charge in [-0.3, -0.25) is 0 Å². The summed E-state index contributed by atoms with van der Waals surface area (Å²) in [5.74, 6) is 1.86. The molecule has 0 bridgehead atoms. The summed E-state index contributed by atoms with van der Waals surface area (Å²) in [6, 6.07) is 59.9. The second kappa shape index (κ2) is 11.8. The number of hydrogen-bond acceptors (Lipinski definition) is 4. The van der Waals surface area contributed by atoms with Crippen LogP contribution in [0.1, 0.15) is 25.0 Å². The van der Waals surface area contributed by atoms with E-state index >= 15 is 0 Å². The van der Waals surface area contributed by atoms with Gasteiger partial charge in [0.1, 0.15) is 5.58 Å². The first kappa shape index (κ1) is 31.9. The highest BCUT2D eigenvalue weighted by molar-refractivity contribution is 6.23. The highest BCUT2D eigenvalue weighted by Crippen LogP contribution is 2.50. The lowest BCUT2D eigenvalue weighted by Crippen LogP contribution is -2.15. The van der Waals surface area contributed by atoms with Crippen LogP contribution >= 0.6 is 0 Å². The molecule has 0 aliphatic heterocycles. The van der Waals surface area contributed by atoms with E-state index in [1.165, 1.54) is 33.0 Å². The van der Waals surface area contributed by atoms with Gasteiger partial charge in [-0.1, -0.05) is 153 Å². The molecule has 3 aromatic heterocycles. The lowest BCUT2D eigenvalue weighted by Gasteiger charge is -2.21. The molecular formula is C52H34N4O. The predicted octanol–water partition coefficient (Wildman–Crippen LogP) is 13.3. The summed E-state index contributed by atoms with van der Waals surface area (Å²) in [6.45, 7) is 4.61. The third-order valence-corrected chi connectivity index (χ3v) is 12.1. The first-order valence-electron chi connectivity index (χ1n) is 19.5. The van der Waals surface area contributed by atoms with Crippen molar-refractivity contribution in [1.29, 1.82) is 0 Å². The van der Waals surface area contributed by atoms with Crippen molar-refractivity contribution in [3.8, 4) is 51.0 Å². The molecule has 8 aromatic carbocycles. The highest BCUT2D eigenvalue weighted by atomic mass is 16.3. The van der Waals surface area contributed by atoms with Crippen molar-refractivity contribution in [2.24, 2.45) is 0 Å². The van der Waals surface area contributed by atoms with Gasteiger partial charge in [-0.2, -0.15) is 0 Å². The van der Waals surface area contributed by atoms with Gasteiger partial charge in [0.25, 0.3) is 0 Å². The zero-order chi connectivity index (χ0) is 37.8. The van der Waals surface area contributed by atoms with Crippen LogP contribution in [0.25, 0.3) is 105 Å². The van der Waals surface area contributed by atoms with Gasteiger partial charge in [0.15, 0.2) is 23.1 Å². The van der Waals surface area contributed by atoms with Gasteiger partial charge in [0.2, 0.25) is 0 Å². The van der Waals surface area contributed by atoms with Crippen molar-refractivity contribution < 1.29 is 4.42 Å². The molecule has 0 saturated carbocycles. The first-order valence-corrected chi connectivity index (χ1v) is 19.5. The van der Waals surface area contributed by atoms with Crippen LogP contribution < -0.4 is 0 Å². The standard InChI is InChI=1S/C52H34N4O/c1-52(2)41-23-11-8-18-34(41)35-28-27-32(29-42(35)52)50-53-49(31-15-4-3-5-16-31)54-51(55-50)40-30-46-47(38-21-7-6-17-33(38)40)39-22-14-26-45(48(39)57-46)56-43-24-12-9-19-36(43)37-20-10-13-25-44(37)56/h3-30H,1-2H3. The summed E-state index contributed by atoms with van der Waals surface area (Å²) in [6.07, 6.45) is 0. The molecule has 0 saturated heterocycles. The Morgan fingerprint density at radius 2 is 1.04 bits per heavy atom. The Hall–Kier alpha value is -7.37. The molecule has 57 heavy (non-hydrogen) atoms. The molecule has 0 atom stereocenters. The molecule has 5 nitrogen and oxygen atoms in total. The molecule has 268 valence electrons. The lowest BCUT2D eigenvalue weighted by atomic mass is 9.82. The van der Waals surface area contributed by atoms with Crippen LogP contribution in [0.2, 0.25) is 0 Å². The van der Waals surface area contributed by atoms with E-state index in [0.717, 1.165) is 66.1 Å². The van der Waals surface area contributed by atoms with E-state index in [4.69, 9.17) is 19.4 Å². The van der Waals surface area contributed by atoms with Crippen LogP contribution in [0.3, 0.4) is 0 Å². The van der Waals surface area contributed by atoms with Gasteiger partial charge in [0, 0.05) is 43.7 Å². The van der Waals surface area contributed by atoms with E-state index in [1.54, 1.807) is 0 Å². The Kier molecular flexibility index (Phi) is 6.62. The second-order valence-corrected chi connectivity index (χ2v) is 15.6. The van der Waals surface area contributed by atoms with E-state index < -0.39 is 0 Å². The maximum atomic E-state index is 7.02. The number of nitrogens with zero attached hydrogens (tertiary/aromatic N) is 4. The number of benzene rings is 8. The number of furan rings is 1. The summed E-state index contributed by atoms with van der Waals surface area (Å²) >= 11 is 0. The fourth-order valence-electron chi connectivity index (χ4n) is 9.38. The number of hydrogen-bond donors (Lipinski definition) is 0. The predicted molar refractivity (Wildman–Crippen MR) is 233 cm³/mol. The van der Waals surface area contributed by atoms with Crippen molar-refractivity contribution in [2.45, 2.75) is 19.3 Å². The van der Waals surface area contributed by atoms with Crippen molar-refractivity contribution in [3.63, 3.8) is 0 Å². The van der Waals surface area contributed by atoms with E-state index in [9.17, 15) is 0 Å². The zero-order valence-electron chi connectivity index (χ0n) is 31.4. The monoisotopic (exact) mass is 730 g/mol. The van der Waals surface area contributed by atoms with Gasteiger partial charge >= 0.3 is 0 Å². The SMILES string of the molecule is CC1(C)c2ccccc2-c2ccc(-c3nc(-c4ccccc4)nc(-c4cc5oc6c(-n7c8ccccc8c8ccccc87)cccc6c5c5ccccc45)n3)cc21. The summed E-state index contributed by atoms with van der Waals surface area (Å²) in [5.41, 5.74) is 12.7. The average Bonchev–Trinajstić information content (AvgIpc) is 3.89. The molecule has 5 heteroatoms. The topological polar surface area (TPSA) is 56.7 Å². The zero-order valence-corrected chi connectivity index (χ0v) is 31.4. The van der Waals surface area contributed by atoms with Crippen molar-refractivity contribution in [3.05, 3.63) is 181 Å². The molecule has 0 fully saturated rings. The fraction of sp³-hybridized carbons (Fsp3) is 0.0577. The molecule has 0 unspecified atom stereocenters. The molecule has 11 aromatic rings. The van der Waals surface area contributed by atoms with E-state index in [1.807, 2.05) is 18.2 Å². The Bertz CT molecular complexity index is 3390. The summed E-state index contributed by atoms with van der Waals surface area (Å²) in [7, 11) is 0. The van der Waals surface area contributed by atoms with E-state index in [2.05, 4.69) is 170 Å². The van der Waals surface area contributed by atoms with Crippen LogP contribution in [-0.4, -0.2) is 19.5 Å². The molecule has 0 radical (unpaired) electrons. The molecule has 12 rings (SSSR count). The van der Waals surface area contributed by atoms with Crippen LogP contribution in [0, 0.1) is 0 Å². The van der Waals surface area contributed by atoms with Gasteiger partial charge in [-0.15, -0.1) is 0 Å². The molecule has 0 N–H and O–H groups in total. The van der Waals surface area contributed by atoms with E-state index in [0.29, 0.717) is 17.5 Å². The number of rotatable bonds is 4. The fourth-order valence-corrected chi connectivity index (χ4v) is 9.38. The van der Waals surface area contributed by atoms with Gasteiger partial charge < -0.3 is 8.98 Å². The van der Waals surface area contributed by atoms with Crippen LogP contribution in [-0.2, 0) is 5.41 Å². The van der Waals surface area contributed by atoms with Crippen molar-refractivity contribution in [2.75, 3.05) is 0 Å². The van der Waals surface area contributed by atoms with Crippen LogP contribution in [0.15, 0.2) is 174 Å². The Labute approximate surface area is 328 Å². The molecule has 0 spiro atoms. The first-order chi connectivity index (χ1) is 28.0. The van der Waals surface area contributed by atoms with Crippen molar-refractivity contribution >= 4 is 54.5 Å². The Balaban J connectivity index is 1.10. The minimum absolute atomic E-state index is 0.152. The second-order valence-electron chi connectivity index (χ2n) is 15.6. The molecule has 3 heterocycles. The molecule has 1 aliphatic carbocycles. The lowest BCUT2D eigenvalue weighted by molar-refractivity contribution is 0.660. The largest absolute Gasteiger partial charge is 0.454 e. The summed E-state index contributed by atoms with van der Waals surface area (Å²) < 4.78 is 9.35. The third kappa shape index (κ3) is 4.60. The average molecular weight is 731 g/mol. The molecular weight excluding hydrogens is 697 g/mol. The van der Waals surface area contributed by atoms with Gasteiger partial charge in [0.05, 0.1) is 16.7 Å². The normalized spacial score (nSPS) is 13.2.